The summed E-state index contributed by atoms with van der Waals surface area (Å²) in [5, 5.41) is 3.17. The van der Waals surface area contributed by atoms with Gasteiger partial charge in [-0.3, -0.25) is 0 Å². The predicted octanol–water partition coefficient (Wildman–Crippen LogP) is 3.63. The van der Waals surface area contributed by atoms with Crippen molar-refractivity contribution in [1.82, 2.24) is 4.98 Å². The number of para-hydroxylation sites is 4. The normalized spacial score (nSPS) is 15.3. The summed E-state index contributed by atoms with van der Waals surface area (Å²) in [5.74, 6) is 1.95. The highest BCUT2D eigenvalue weighted by atomic mass is 16.5. The molecule has 0 amide bonds. The van der Waals surface area contributed by atoms with E-state index in [2.05, 4.69) is 10.3 Å². The fourth-order valence-corrected chi connectivity index (χ4v) is 2.07. The van der Waals surface area contributed by atoms with E-state index in [1.54, 1.807) is 6.08 Å². The van der Waals surface area contributed by atoms with Crippen LogP contribution in [-0.4, -0.2) is 4.98 Å². The maximum Gasteiger partial charge on any atom is 0.225 e. The number of hydrogen-bond donors (Lipinski definition) is 1. The molecule has 1 aliphatic rings. The summed E-state index contributed by atoms with van der Waals surface area (Å²) < 4.78 is 11.3. The Morgan fingerprint density at radius 2 is 1.84 bits per heavy atom. The van der Waals surface area contributed by atoms with Crippen LogP contribution >= 0.6 is 0 Å². The number of rotatable bonds is 1. The first kappa shape index (κ1) is 10.2. The zero-order chi connectivity index (χ0) is 12.7. The van der Waals surface area contributed by atoms with Crippen LogP contribution in [-0.2, 0) is 0 Å². The molecule has 1 aromatic heterocycles. The van der Waals surface area contributed by atoms with Crippen LogP contribution in [0.1, 0.15) is 5.89 Å². The van der Waals surface area contributed by atoms with Gasteiger partial charge < -0.3 is 14.5 Å². The molecule has 4 nitrogen and oxygen atoms in total. The van der Waals surface area contributed by atoms with Crippen molar-refractivity contribution in [3.8, 4) is 5.75 Å². The molecule has 0 fully saturated rings. The minimum Gasteiger partial charge on any atom is -0.439 e. The van der Waals surface area contributed by atoms with Gasteiger partial charge in [0.15, 0.2) is 11.3 Å². The highest BCUT2D eigenvalue weighted by molar-refractivity contribution is 5.74. The number of oxazole rings is 1. The Kier molecular flexibility index (Phi) is 2.08. The Hall–Kier alpha value is -2.75. The number of anilines is 1. The van der Waals surface area contributed by atoms with Crippen molar-refractivity contribution in [3.63, 3.8) is 0 Å². The molecule has 0 atom stereocenters. The van der Waals surface area contributed by atoms with Crippen molar-refractivity contribution in [2.45, 2.75) is 0 Å². The molecule has 0 saturated heterocycles. The van der Waals surface area contributed by atoms with E-state index < -0.39 is 0 Å². The van der Waals surface area contributed by atoms with Gasteiger partial charge in [-0.2, -0.15) is 0 Å². The second-order valence-electron chi connectivity index (χ2n) is 4.25. The summed E-state index contributed by atoms with van der Waals surface area (Å²) in [4.78, 5) is 4.38. The van der Waals surface area contributed by atoms with Crippen molar-refractivity contribution >= 4 is 22.9 Å². The van der Waals surface area contributed by atoms with Gasteiger partial charge in [-0.1, -0.05) is 24.3 Å². The number of nitrogens with one attached hydrogen (secondary N) is 1. The van der Waals surface area contributed by atoms with E-state index in [0.717, 1.165) is 22.5 Å². The Morgan fingerprint density at radius 1 is 1.00 bits per heavy atom. The SMILES string of the molecule is C(=C1/Nc2ccccc2O1)/c1nc2ccccc2o1. The molecular formula is C15H10N2O2. The number of hydrogen-bond acceptors (Lipinski definition) is 4. The van der Waals surface area contributed by atoms with E-state index in [0.29, 0.717) is 11.8 Å². The first-order valence-electron chi connectivity index (χ1n) is 6.00. The summed E-state index contributed by atoms with van der Waals surface area (Å²) in [5.41, 5.74) is 2.56. The lowest BCUT2D eigenvalue weighted by Gasteiger charge is -1.95. The van der Waals surface area contributed by atoms with Crippen LogP contribution in [0.15, 0.2) is 58.8 Å². The summed E-state index contributed by atoms with van der Waals surface area (Å²) in [6.07, 6.45) is 1.75. The number of nitrogens with zero attached hydrogens (tertiary/aromatic N) is 1. The number of aromatic nitrogens is 1. The zero-order valence-corrected chi connectivity index (χ0v) is 9.96. The quantitative estimate of drug-likeness (QED) is 0.716. The lowest BCUT2D eigenvalue weighted by Crippen LogP contribution is -1.95. The van der Waals surface area contributed by atoms with Gasteiger partial charge in [0.25, 0.3) is 0 Å². The zero-order valence-electron chi connectivity index (χ0n) is 9.96. The van der Waals surface area contributed by atoms with E-state index >= 15 is 0 Å². The van der Waals surface area contributed by atoms with Crippen molar-refractivity contribution < 1.29 is 9.15 Å². The molecule has 1 aliphatic heterocycles. The van der Waals surface area contributed by atoms with Crippen molar-refractivity contribution in [2.24, 2.45) is 0 Å². The third-order valence-electron chi connectivity index (χ3n) is 2.93. The highest BCUT2D eigenvalue weighted by Crippen LogP contribution is 2.33. The van der Waals surface area contributed by atoms with Gasteiger partial charge >= 0.3 is 0 Å². The van der Waals surface area contributed by atoms with E-state index in [4.69, 9.17) is 9.15 Å². The molecule has 0 aliphatic carbocycles. The van der Waals surface area contributed by atoms with Gasteiger partial charge in [0.1, 0.15) is 5.52 Å². The molecule has 1 N–H and O–H groups in total. The fraction of sp³-hybridized carbons (Fsp3) is 0. The Labute approximate surface area is 109 Å². The topological polar surface area (TPSA) is 47.3 Å². The minimum absolute atomic E-state index is 0.525. The number of fused-ring (bicyclic) bond motifs is 2. The maximum atomic E-state index is 5.66. The summed E-state index contributed by atoms with van der Waals surface area (Å²) in [7, 11) is 0. The smallest absolute Gasteiger partial charge is 0.225 e. The molecule has 2 heterocycles. The van der Waals surface area contributed by atoms with Crippen LogP contribution in [0.25, 0.3) is 17.2 Å². The molecule has 92 valence electrons. The van der Waals surface area contributed by atoms with Crippen molar-refractivity contribution in [3.05, 3.63) is 60.3 Å². The fourth-order valence-electron chi connectivity index (χ4n) is 2.07. The van der Waals surface area contributed by atoms with Crippen LogP contribution in [0.3, 0.4) is 0 Å². The Bertz CT molecular complexity index is 729. The van der Waals surface area contributed by atoms with Gasteiger partial charge in [0, 0.05) is 0 Å². The summed E-state index contributed by atoms with van der Waals surface area (Å²) >= 11 is 0. The number of benzene rings is 2. The van der Waals surface area contributed by atoms with Gasteiger partial charge in [0.05, 0.1) is 11.8 Å². The standard InChI is InChI=1S/C15H10N2O2/c1-3-7-12-10(5-1)16-14(18-12)9-15-17-11-6-2-4-8-13(11)19-15/h1-9,16H/b14-9+. The van der Waals surface area contributed by atoms with E-state index in [1.165, 1.54) is 0 Å². The molecule has 3 aromatic rings. The van der Waals surface area contributed by atoms with E-state index in [-0.39, 0.29) is 0 Å². The predicted molar refractivity (Wildman–Crippen MR) is 72.7 cm³/mol. The Balaban J connectivity index is 1.70. The van der Waals surface area contributed by atoms with Crippen LogP contribution in [0.5, 0.6) is 5.75 Å². The van der Waals surface area contributed by atoms with Crippen LogP contribution in [0.4, 0.5) is 5.69 Å². The first-order valence-corrected chi connectivity index (χ1v) is 6.00. The summed E-state index contributed by atoms with van der Waals surface area (Å²) in [6, 6.07) is 15.4. The molecule has 0 spiro atoms. The second kappa shape index (κ2) is 3.88. The molecule has 4 heteroatoms. The van der Waals surface area contributed by atoms with Crippen LogP contribution < -0.4 is 10.1 Å². The van der Waals surface area contributed by atoms with Crippen molar-refractivity contribution in [1.29, 1.82) is 0 Å². The molecule has 2 aromatic carbocycles. The molecule has 0 radical (unpaired) electrons. The highest BCUT2D eigenvalue weighted by Gasteiger charge is 2.16. The maximum absolute atomic E-state index is 5.66. The lowest BCUT2D eigenvalue weighted by atomic mass is 10.3. The number of ether oxygens (including phenoxy) is 1. The molecule has 0 unspecified atom stereocenters. The van der Waals surface area contributed by atoms with Gasteiger partial charge in [-0.15, -0.1) is 0 Å². The molecule has 4 rings (SSSR count). The average Bonchev–Trinajstić information content (AvgIpc) is 3.00. The summed E-state index contributed by atoms with van der Waals surface area (Å²) in [6.45, 7) is 0. The lowest BCUT2D eigenvalue weighted by molar-refractivity contribution is 0.459. The van der Waals surface area contributed by atoms with Crippen molar-refractivity contribution in [2.75, 3.05) is 5.32 Å². The monoisotopic (exact) mass is 250 g/mol. The molecule has 19 heavy (non-hydrogen) atoms. The largest absolute Gasteiger partial charge is 0.439 e. The molecule has 0 saturated carbocycles. The first-order chi connectivity index (χ1) is 9.38. The average molecular weight is 250 g/mol. The second-order valence-corrected chi connectivity index (χ2v) is 4.25. The molecular weight excluding hydrogens is 240 g/mol. The van der Waals surface area contributed by atoms with Gasteiger partial charge in [0.2, 0.25) is 11.8 Å². The van der Waals surface area contributed by atoms with Gasteiger partial charge in [-0.25, -0.2) is 4.98 Å². The van der Waals surface area contributed by atoms with E-state index in [9.17, 15) is 0 Å². The minimum atomic E-state index is 0.525. The van der Waals surface area contributed by atoms with E-state index in [1.807, 2.05) is 48.5 Å². The Morgan fingerprint density at radius 3 is 2.74 bits per heavy atom. The third kappa shape index (κ3) is 1.74. The van der Waals surface area contributed by atoms with Crippen LogP contribution in [0, 0.1) is 0 Å². The van der Waals surface area contributed by atoms with Crippen LogP contribution in [0.2, 0.25) is 0 Å². The van der Waals surface area contributed by atoms with Gasteiger partial charge in [-0.05, 0) is 24.3 Å². The molecule has 0 bridgehead atoms. The third-order valence-corrected chi connectivity index (χ3v) is 2.93.